The van der Waals surface area contributed by atoms with Crippen molar-refractivity contribution in [3.05, 3.63) is 0 Å². The fraction of sp³-hybridized carbons (Fsp3) is 1.00. The molecule has 2 nitrogen and oxygen atoms in total. The Morgan fingerprint density at radius 2 is 2.00 bits per heavy atom. The van der Waals surface area contributed by atoms with E-state index in [9.17, 15) is 0 Å². The largest absolute Gasteiger partial charge is 0.377 e. The molecule has 0 saturated heterocycles. The van der Waals surface area contributed by atoms with Crippen LogP contribution < -0.4 is 5.32 Å². The highest BCUT2D eigenvalue weighted by molar-refractivity contribution is 4.91. The van der Waals surface area contributed by atoms with Crippen molar-refractivity contribution in [3.63, 3.8) is 0 Å². The highest BCUT2D eigenvalue weighted by Gasteiger charge is 2.35. The van der Waals surface area contributed by atoms with Gasteiger partial charge < -0.3 is 10.1 Å². The Hall–Kier alpha value is -0.0800. The molecule has 0 heterocycles. The first-order valence-electron chi connectivity index (χ1n) is 6.18. The molecule has 0 aliphatic heterocycles. The smallest absolute Gasteiger partial charge is 0.0730 e. The zero-order valence-corrected chi connectivity index (χ0v) is 9.88. The van der Waals surface area contributed by atoms with Gasteiger partial charge in [0.15, 0.2) is 0 Å². The molecule has 0 radical (unpaired) electrons. The van der Waals surface area contributed by atoms with E-state index in [2.05, 4.69) is 26.1 Å². The van der Waals surface area contributed by atoms with Crippen molar-refractivity contribution in [1.29, 1.82) is 0 Å². The maximum Gasteiger partial charge on any atom is 0.0730 e. The SMILES string of the molecule is CCCC(OCC)C(NCC)C1CC1. The zero-order valence-electron chi connectivity index (χ0n) is 9.88. The summed E-state index contributed by atoms with van der Waals surface area (Å²) < 4.78 is 5.84. The maximum atomic E-state index is 5.84. The van der Waals surface area contributed by atoms with E-state index in [0.29, 0.717) is 12.1 Å². The summed E-state index contributed by atoms with van der Waals surface area (Å²) in [5.74, 6) is 0.887. The Bertz CT molecular complexity index is 139. The van der Waals surface area contributed by atoms with Crippen molar-refractivity contribution in [2.75, 3.05) is 13.2 Å². The minimum Gasteiger partial charge on any atom is -0.377 e. The molecular formula is C12H25NO. The van der Waals surface area contributed by atoms with Gasteiger partial charge in [0.2, 0.25) is 0 Å². The molecule has 14 heavy (non-hydrogen) atoms. The Morgan fingerprint density at radius 1 is 1.29 bits per heavy atom. The lowest BCUT2D eigenvalue weighted by molar-refractivity contribution is 0.0227. The van der Waals surface area contributed by atoms with Gasteiger partial charge in [-0.1, -0.05) is 20.3 Å². The fourth-order valence-corrected chi connectivity index (χ4v) is 2.16. The van der Waals surface area contributed by atoms with Gasteiger partial charge in [0, 0.05) is 12.6 Å². The number of nitrogens with one attached hydrogen (secondary N) is 1. The van der Waals surface area contributed by atoms with Crippen LogP contribution in [0.4, 0.5) is 0 Å². The number of hydrogen-bond acceptors (Lipinski definition) is 2. The van der Waals surface area contributed by atoms with E-state index in [1.807, 2.05) is 0 Å². The van der Waals surface area contributed by atoms with Crippen LogP contribution in [-0.4, -0.2) is 25.3 Å². The van der Waals surface area contributed by atoms with Crippen LogP contribution in [-0.2, 0) is 4.74 Å². The van der Waals surface area contributed by atoms with Gasteiger partial charge in [-0.25, -0.2) is 0 Å². The molecule has 1 rings (SSSR count). The molecule has 1 fully saturated rings. The standard InChI is InChI=1S/C12H25NO/c1-4-7-11(14-6-3)12(13-5-2)10-8-9-10/h10-13H,4-9H2,1-3H3. The molecule has 1 aliphatic carbocycles. The van der Waals surface area contributed by atoms with Crippen LogP contribution in [0, 0.1) is 5.92 Å². The molecule has 1 N–H and O–H groups in total. The topological polar surface area (TPSA) is 21.3 Å². The molecule has 0 spiro atoms. The Labute approximate surface area is 88.4 Å². The molecule has 2 atom stereocenters. The molecule has 1 aliphatic rings. The summed E-state index contributed by atoms with van der Waals surface area (Å²) in [4.78, 5) is 0. The first-order valence-corrected chi connectivity index (χ1v) is 6.18. The van der Waals surface area contributed by atoms with Gasteiger partial charge >= 0.3 is 0 Å². The zero-order chi connectivity index (χ0) is 10.4. The minimum absolute atomic E-state index is 0.442. The van der Waals surface area contributed by atoms with Gasteiger partial charge in [-0.15, -0.1) is 0 Å². The van der Waals surface area contributed by atoms with E-state index in [-0.39, 0.29) is 0 Å². The second-order valence-corrected chi connectivity index (χ2v) is 4.20. The van der Waals surface area contributed by atoms with Crippen LogP contribution in [0.2, 0.25) is 0 Å². The van der Waals surface area contributed by atoms with Crippen LogP contribution in [0.25, 0.3) is 0 Å². The first kappa shape index (κ1) is 12.0. The van der Waals surface area contributed by atoms with Gasteiger partial charge in [0.05, 0.1) is 6.10 Å². The Morgan fingerprint density at radius 3 is 2.43 bits per heavy atom. The Balaban J connectivity index is 2.41. The van der Waals surface area contributed by atoms with Crippen LogP contribution in [0.3, 0.4) is 0 Å². The van der Waals surface area contributed by atoms with Crippen molar-refractivity contribution in [2.24, 2.45) is 5.92 Å². The van der Waals surface area contributed by atoms with Gasteiger partial charge in [-0.05, 0) is 38.6 Å². The molecular weight excluding hydrogens is 174 g/mol. The summed E-state index contributed by atoms with van der Waals surface area (Å²) in [5.41, 5.74) is 0. The van der Waals surface area contributed by atoms with E-state index in [1.54, 1.807) is 0 Å². The number of hydrogen-bond donors (Lipinski definition) is 1. The average molecular weight is 199 g/mol. The summed E-state index contributed by atoms with van der Waals surface area (Å²) in [6.07, 6.45) is 5.65. The molecule has 84 valence electrons. The number of likely N-dealkylation sites (N-methyl/N-ethyl adjacent to an activating group) is 1. The Kier molecular flexibility index (Phi) is 5.49. The van der Waals surface area contributed by atoms with Gasteiger partial charge in [0.1, 0.15) is 0 Å². The normalized spacial score (nSPS) is 20.8. The van der Waals surface area contributed by atoms with E-state index in [1.165, 1.54) is 25.7 Å². The van der Waals surface area contributed by atoms with Gasteiger partial charge in [0.25, 0.3) is 0 Å². The van der Waals surface area contributed by atoms with Crippen LogP contribution in [0.5, 0.6) is 0 Å². The van der Waals surface area contributed by atoms with Crippen LogP contribution >= 0.6 is 0 Å². The average Bonchev–Trinajstić information content (AvgIpc) is 2.97. The molecule has 0 aromatic heterocycles. The second-order valence-electron chi connectivity index (χ2n) is 4.20. The lowest BCUT2D eigenvalue weighted by atomic mass is 10.0. The molecule has 0 aromatic carbocycles. The number of rotatable bonds is 8. The molecule has 0 bridgehead atoms. The quantitative estimate of drug-likeness (QED) is 0.649. The first-order chi connectivity index (χ1) is 6.83. The third kappa shape index (κ3) is 3.58. The number of ether oxygens (including phenoxy) is 1. The summed E-state index contributed by atoms with van der Waals surface area (Å²) in [6, 6.07) is 0.611. The predicted octanol–water partition coefficient (Wildman–Crippen LogP) is 2.58. The molecule has 0 aromatic rings. The van der Waals surface area contributed by atoms with Crippen LogP contribution in [0.1, 0.15) is 46.5 Å². The highest BCUT2D eigenvalue weighted by atomic mass is 16.5. The summed E-state index contributed by atoms with van der Waals surface area (Å²) in [5, 5.41) is 3.59. The molecule has 2 unspecified atom stereocenters. The van der Waals surface area contributed by atoms with Crippen molar-refractivity contribution in [1.82, 2.24) is 5.32 Å². The fourth-order valence-electron chi connectivity index (χ4n) is 2.16. The summed E-state index contributed by atoms with van der Waals surface area (Å²) >= 11 is 0. The molecule has 1 saturated carbocycles. The minimum atomic E-state index is 0.442. The maximum absolute atomic E-state index is 5.84. The van der Waals surface area contributed by atoms with Gasteiger partial charge in [-0.2, -0.15) is 0 Å². The van der Waals surface area contributed by atoms with Gasteiger partial charge in [-0.3, -0.25) is 0 Å². The molecule has 2 heteroatoms. The van der Waals surface area contributed by atoms with Crippen molar-refractivity contribution in [3.8, 4) is 0 Å². The summed E-state index contributed by atoms with van der Waals surface area (Å²) in [6.45, 7) is 8.43. The third-order valence-corrected chi connectivity index (χ3v) is 2.92. The van der Waals surface area contributed by atoms with Crippen molar-refractivity contribution >= 4 is 0 Å². The van der Waals surface area contributed by atoms with E-state index in [4.69, 9.17) is 4.74 Å². The lowest BCUT2D eigenvalue weighted by Gasteiger charge is -2.27. The van der Waals surface area contributed by atoms with Crippen LogP contribution in [0.15, 0.2) is 0 Å². The van der Waals surface area contributed by atoms with Crippen molar-refractivity contribution in [2.45, 2.75) is 58.6 Å². The second kappa shape index (κ2) is 6.41. The van der Waals surface area contributed by atoms with E-state index in [0.717, 1.165) is 19.1 Å². The summed E-state index contributed by atoms with van der Waals surface area (Å²) in [7, 11) is 0. The highest BCUT2D eigenvalue weighted by Crippen LogP contribution is 2.35. The van der Waals surface area contributed by atoms with E-state index < -0.39 is 0 Å². The molecule has 0 amide bonds. The third-order valence-electron chi connectivity index (χ3n) is 2.92. The predicted molar refractivity (Wildman–Crippen MR) is 60.5 cm³/mol. The van der Waals surface area contributed by atoms with E-state index >= 15 is 0 Å². The lowest BCUT2D eigenvalue weighted by Crippen LogP contribution is -2.43. The monoisotopic (exact) mass is 199 g/mol. The van der Waals surface area contributed by atoms with Crippen molar-refractivity contribution < 1.29 is 4.74 Å².